The zero-order valence-electron chi connectivity index (χ0n) is 31.8. The van der Waals surface area contributed by atoms with Crippen molar-refractivity contribution in [3.05, 3.63) is 55.5 Å². The van der Waals surface area contributed by atoms with Crippen molar-refractivity contribution in [1.82, 2.24) is 15.9 Å². The Morgan fingerprint density at radius 3 is 1.08 bits per heavy atom. The van der Waals surface area contributed by atoms with Crippen LogP contribution >= 0.6 is 31.9 Å². The molecule has 0 atom stereocenters. The van der Waals surface area contributed by atoms with Crippen molar-refractivity contribution in [2.45, 2.75) is 167 Å². The van der Waals surface area contributed by atoms with Crippen molar-refractivity contribution in [3.8, 4) is 22.3 Å². The Labute approximate surface area is 341 Å². The average Bonchev–Trinajstić information content (AvgIpc) is 3.93. The summed E-state index contributed by atoms with van der Waals surface area (Å²) < 4.78 is 22.7. The van der Waals surface area contributed by atoms with E-state index in [1.807, 2.05) is 0 Å². The summed E-state index contributed by atoms with van der Waals surface area (Å²) in [6.07, 6.45) is 25.2. The molecule has 3 aromatic carbocycles. The summed E-state index contributed by atoms with van der Waals surface area (Å²) in [7, 11) is 0. The SMILES string of the molecule is CCCCCCC1(CCCCCC)c2cc3c(cc2-c2c1cc(Br)c1n[se]nc21)C(CCCCCC)(CCCCCC)c1cc(Br)c2n[se]nc2c1-3. The Bertz CT molecular complexity index is 1850. The van der Waals surface area contributed by atoms with Crippen molar-refractivity contribution >= 4 is 83.9 Å². The molecule has 8 heteroatoms. The molecule has 0 bridgehead atoms. The number of benzene rings is 3. The maximum atomic E-state index is 5.22. The molecule has 52 heavy (non-hydrogen) atoms. The van der Waals surface area contributed by atoms with Crippen LogP contribution in [-0.4, -0.2) is 45.8 Å². The second-order valence-corrected chi connectivity index (χ2v) is 19.8. The van der Waals surface area contributed by atoms with Crippen LogP contribution in [0.2, 0.25) is 0 Å². The quantitative estimate of drug-likeness (QED) is 0.0576. The number of halogens is 2. The van der Waals surface area contributed by atoms with Gasteiger partial charge in [-0.25, -0.2) is 0 Å². The molecular formula is C44H56Br2N4Se2. The zero-order valence-corrected chi connectivity index (χ0v) is 38.4. The van der Waals surface area contributed by atoms with Crippen LogP contribution in [-0.2, 0) is 10.8 Å². The van der Waals surface area contributed by atoms with Crippen LogP contribution in [0.3, 0.4) is 0 Å². The van der Waals surface area contributed by atoms with E-state index in [1.54, 1.807) is 11.1 Å². The minimum atomic E-state index is -0.0947. The van der Waals surface area contributed by atoms with Gasteiger partial charge in [-0.3, -0.25) is 0 Å². The molecule has 4 nitrogen and oxygen atoms in total. The molecule has 2 heterocycles. The van der Waals surface area contributed by atoms with E-state index in [-0.39, 0.29) is 40.8 Å². The number of nitrogens with zero attached hydrogens (tertiary/aromatic N) is 4. The van der Waals surface area contributed by atoms with Crippen molar-refractivity contribution < 1.29 is 0 Å². The van der Waals surface area contributed by atoms with Crippen molar-refractivity contribution in [2.75, 3.05) is 0 Å². The van der Waals surface area contributed by atoms with Gasteiger partial charge in [0.2, 0.25) is 0 Å². The van der Waals surface area contributed by atoms with E-state index in [4.69, 9.17) is 15.9 Å². The van der Waals surface area contributed by atoms with Gasteiger partial charge in [0.1, 0.15) is 0 Å². The van der Waals surface area contributed by atoms with Crippen LogP contribution in [0.4, 0.5) is 0 Å². The topological polar surface area (TPSA) is 51.6 Å². The number of hydrogen-bond donors (Lipinski definition) is 0. The van der Waals surface area contributed by atoms with Crippen LogP contribution in [0.15, 0.2) is 33.2 Å². The Morgan fingerprint density at radius 1 is 0.423 bits per heavy atom. The summed E-state index contributed by atoms with van der Waals surface area (Å²) in [6, 6.07) is 10.4. The van der Waals surface area contributed by atoms with Gasteiger partial charge in [-0.2, -0.15) is 0 Å². The normalized spacial score (nSPS) is 15.0. The molecule has 0 spiro atoms. The molecule has 278 valence electrons. The first-order valence-electron chi connectivity index (χ1n) is 20.6. The molecule has 2 aliphatic rings. The summed E-state index contributed by atoms with van der Waals surface area (Å²) >= 11 is 7.87. The predicted molar refractivity (Wildman–Crippen MR) is 229 cm³/mol. The Morgan fingerprint density at radius 2 is 0.750 bits per heavy atom. The van der Waals surface area contributed by atoms with Crippen LogP contribution in [0, 0.1) is 0 Å². The third-order valence-corrected chi connectivity index (χ3v) is 16.0. The monoisotopic (exact) mass is 958 g/mol. The first-order valence-corrected chi connectivity index (χ1v) is 25.2. The van der Waals surface area contributed by atoms with Gasteiger partial charge >= 0.3 is 344 Å². The third kappa shape index (κ3) is 6.95. The summed E-state index contributed by atoms with van der Waals surface area (Å²) in [6.45, 7) is 9.34. The number of unbranched alkanes of at least 4 members (excludes halogenated alkanes) is 12. The Kier molecular flexibility index (Phi) is 13.0. The van der Waals surface area contributed by atoms with E-state index >= 15 is 0 Å². The van der Waals surface area contributed by atoms with Gasteiger partial charge in [0.05, 0.1) is 0 Å². The van der Waals surface area contributed by atoms with Crippen molar-refractivity contribution in [3.63, 3.8) is 0 Å². The third-order valence-electron chi connectivity index (χ3n) is 12.6. The maximum absolute atomic E-state index is 5.22. The number of aromatic nitrogens is 4. The predicted octanol–water partition coefficient (Wildman–Crippen LogP) is 13.6. The molecule has 2 aliphatic carbocycles. The molecule has 0 amide bonds. The summed E-state index contributed by atoms with van der Waals surface area (Å²) in [5.74, 6) is 0. The van der Waals surface area contributed by atoms with E-state index in [9.17, 15) is 0 Å². The Balaban J connectivity index is 1.51. The second kappa shape index (κ2) is 17.3. The first-order chi connectivity index (χ1) is 25.5. The second-order valence-electron chi connectivity index (χ2n) is 15.8. The van der Waals surface area contributed by atoms with Gasteiger partial charge in [-0.05, 0) is 0 Å². The van der Waals surface area contributed by atoms with Gasteiger partial charge in [0.25, 0.3) is 0 Å². The summed E-state index contributed by atoms with van der Waals surface area (Å²) in [5, 5.41) is 0. The molecule has 5 aromatic rings. The fourth-order valence-electron chi connectivity index (χ4n) is 9.95. The van der Waals surface area contributed by atoms with Gasteiger partial charge in [0, 0.05) is 0 Å². The molecule has 0 radical (unpaired) electrons. The van der Waals surface area contributed by atoms with E-state index in [0.29, 0.717) is 0 Å². The van der Waals surface area contributed by atoms with Gasteiger partial charge < -0.3 is 0 Å². The molecular weight excluding hydrogens is 902 g/mol. The zero-order chi connectivity index (χ0) is 36.3. The number of fused-ring (bicyclic) bond motifs is 10. The Hall–Kier alpha value is -1.14. The summed E-state index contributed by atoms with van der Waals surface area (Å²) in [4.78, 5) is 0. The van der Waals surface area contributed by atoms with Gasteiger partial charge in [-0.15, -0.1) is 0 Å². The van der Waals surface area contributed by atoms with Crippen molar-refractivity contribution in [1.29, 1.82) is 0 Å². The van der Waals surface area contributed by atoms with Crippen LogP contribution in [0.25, 0.3) is 44.3 Å². The first kappa shape index (κ1) is 39.1. The number of hydrogen-bond acceptors (Lipinski definition) is 4. The molecule has 0 saturated carbocycles. The van der Waals surface area contributed by atoms with E-state index in [2.05, 4.69) is 83.8 Å². The molecule has 0 unspecified atom stereocenters. The van der Waals surface area contributed by atoms with E-state index < -0.39 is 0 Å². The standard InChI is InChI=1S/C44H56Br2N4Se2/c1-5-9-13-17-21-43(22-18-14-10-6-2)31-25-30-32(26-29(31)37-33(43)27-35(45)39-41(37)49-51-47-39)44(23-19-15-11-7-3,24-20-16-12-8-4)34-28-36(46)40-42(38(30)34)50-52-48-40/h25-28H,5-24H2,1-4H3. The number of rotatable bonds is 20. The molecule has 0 saturated heterocycles. The fraction of sp³-hybridized carbons (Fsp3) is 0.591. The molecule has 0 aliphatic heterocycles. The van der Waals surface area contributed by atoms with Crippen LogP contribution in [0.1, 0.15) is 178 Å². The van der Waals surface area contributed by atoms with Crippen LogP contribution < -0.4 is 0 Å². The molecule has 0 N–H and O–H groups in total. The van der Waals surface area contributed by atoms with Crippen LogP contribution in [0.5, 0.6) is 0 Å². The molecule has 2 aromatic heterocycles. The fourth-order valence-corrected chi connectivity index (χ4v) is 13.9. The average molecular weight is 959 g/mol. The van der Waals surface area contributed by atoms with Gasteiger partial charge in [-0.1, -0.05) is 0 Å². The molecule has 0 fully saturated rings. The summed E-state index contributed by atoms with van der Waals surface area (Å²) in [5.41, 5.74) is 16.3. The van der Waals surface area contributed by atoms with E-state index in [0.717, 1.165) is 31.0 Å². The van der Waals surface area contributed by atoms with Crippen molar-refractivity contribution in [2.24, 2.45) is 0 Å². The molecule has 7 rings (SSSR count). The minimum absolute atomic E-state index is 0.0263. The van der Waals surface area contributed by atoms with Gasteiger partial charge in [0.15, 0.2) is 0 Å². The van der Waals surface area contributed by atoms with E-state index in [1.165, 1.54) is 162 Å².